The summed E-state index contributed by atoms with van der Waals surface area (Å²) in [5.74, 6) is -0.221. The summed E-state index contributed by atoms with van der Waals surface area (Å²) in [5, 5.41) is 13.6. The fourth-order valence-electron chi connectivity index (χ4n) is 1.98. The molecule has 1 heterocycles. The van der Waals surface area contributed by atoms with Crippen molar-refractivity contribution in [2.45, 2.75) is 19.3 Å². The van der Waals surface area contributed by atoms with E-state index in [0.29, 0.717) is 17.4 Å². The monoisotopic (exact) mass is 292 g/mol. The van der Waals surface area contributed by atoms with Crippen LogP contribution in [0, 0.1) is 0 Å². The molecule has 0 aliphatic carbocycles. The van der Waals surface area contributed by atoms with E-state index < -0.39 is 0 Å². The first-order valence-electron chi connectivity index (χ1n) is 6.66. The number of aromatic nitrogens is 1. The molecular formula is C15H17ClN2O2. The van der Waals surface area contributed by atoms with E-state index in [-0.39, 0.29) is 12.5 Å². The van der Waals surface area contributed by atoms with Gasteiger partial charge in [-0.15, -0.1) is 0 Å². The fourth-order valence-corrected chi connectivity index (χ4v) is 2.24. The molecule has 0 radical (unpaired) electrons. The van der Waals surface area contributed by atoms with Gasteiger partial charge < -0.3 is 10.4 Å². The molecule has 1 aromatic heterocycles. The molecule has 0 aliphatic heterocycles. The highest BCUT2D eigenvalue weighted by Crippen LogP contribution is 2.22. The van der Waals surface area contributed by atoms with E-state index in [1.165, 1.54) is 0 Å². The van der Waals surface area contributed by atoms with E-state index in [9.17, 15) is 4.79 Å². The zero-order chi connectivity index (χ0) is 14.4. The maximum absolute atomic E-state index is 12.0. The summed E-state index contributed by atoms with van der Waals surface area (Å²) < 4.78 is 0. The molecule has 0 saturated heterocycles. The maximum atomic E-state index is 12.0. The van der Waals surface area contributed by atoms with Crippen LogP contribution in [0.4, 0.5) is 0 Å². The van der Waals surface area contributed by atoms with Crippen LogP contribution in [0.3, 0.4) is 0 Å². The van der Waals surface area contributed by atoms with Crippen molar-refractivity contribution in [3.8, 4) is 0 Å². The van der Waals surface area contributed by atoms with Gasteiger partial charge in [0.25, 0.3) is 5.91 Å². The van der Waals surface area contributed by atoms with Gasteiger partial charge in [0.1, 0.15) is 10.8 Å². The largest absolute Gasteiger partial charge is 0.396 e. The van der Waals surface area contributed by atoms with Gasteiger partial charge in [-0.2, -0.15) is 0 Å². The molecule has 0 fully saturated rings. The Morgan fingerprint density at radius 1 is 1.25 bits per heavy atom. The second-order valence-electron chi connectivity index (χ2n) is 4.56. The van der Waals surface area contributed by atoms with Crippen LogP contribution < -0.4 is 5.32 Å². The second-order valence-corrected chi connectivity index (χ2v) is 4.92. The third kappa shape index (κ3) is 3.68. The number of hydrogen-bond donors (Lipinski definition) is 2. The predicted molar refractivity (Wildman–Crippen MR) is 80.0 cm³/mol. The minimum absolute atomic E-state index is 0.190. The molecule has 4 nitrogen and oxygen atoms in total. The first-order chi connectivity index (χ1) is 9.72. The molecule has 2 aromatic rings. The van der Waals surface area contributed by atoms with Gasteiger partial charge in [-0.1, -0.05) is 35.9 Å². The van der Waals surface area contributed by atoms with Crippen molar-refractivity contribution in [2.24, 2.45) is 0 Å². The van der Waals surface area contributed by atoms with Crippen molar-refractivity contribution in [2.75, 3.05) is 13.2 Å². The molecular weight excluding hydrogens is 276 g/mol. The number of benzene rings is 1. The van der Waals surface area contributed by atoms with E-state index in [4.69, 9.17) is 16.7 Å². The molecule has 0 atom stereocenters. The Balaban J connectivity index is 2.03. The Morgan fingerprint density at radius 2 is 2.05 bits per heavy atom. The third-order valence-corrected chi connectivity index (χ3v) is 3.34. The number of nitrogens with one attached hydrogen (secondary N) is 1. The van der Waals surface area contributed by atoms with E-state index >= 15 is 0 Å². The van der Waals surface area contributed by atoms with Gasteiger partial charge >= 0.3 is 0 Å². The number of carbonyl (C=O) groups excluding carboxylic acids is 1. The Labute approximate surface area is 122 Å². The van der Waals surface area contributed by atoms with Gasteiger partial charge in [0.2, 0.25) is 0 Å². The quantitative estimate of drug-likeness (QED) is 0.636. The van der Waals surface area contributed by atoms with E-state index in [1.54, 1.807) is 6.07 Å². The lowest BCUT2D eigenvalue weighted by Crippen LogP contribution is -2.25. The summed E-state index contributed by atoms with van der Waals surface area (Å²) in [7, 11) is 0. The van der Waals surface area contributed by atoms with Crippen molar-refractivity contribution in [1.82, 2.24) is 10.3 Å². The van der Waals surface area contributed by atoms with Gasteiger partial charge in [0, 0.05) is 18.5 Å². The number of aliphatic hydroxyl groups excluding tert-OH is 1. The molecule has 2 rings (SSSR count). The van der Waals surface area contributed by atoms with Gasteiger partial charge in [-0.05, 0) is 30.7 Å². The number of hydrogen-bond acceptors (Lipinski definition) is 3. The van der Waals surface area contributed by atoms with Crippen molar-refractivity contribution in [3.63, 3.8) is 0 Å². The molecule has 20 heavy (non-hydrogen) atoms. The minimum atomic E-state index is -0.221. The summed E-state index contributed by atoms with van der Waals surface area (Å²) in [5.41, 5.74) is 0.329. The maximum Gasteiger partial charge on any atom is 0.269 e. The number of amides is 1. The van der Waals surface area contributed by atoms with Crippen LogP contribution in [0.25, 0.3) is 10.8 Å². The highest BCUT2D eigenvalue weighted by molar-refractivity contribution is 6.34. The number of halogens is 1. The molecule has 0 bridgehead atoms. The van der Waals surface area contributed by atoms with E-state index in [1.807, 2.05) is 24.3 Å². The highest BCUT2D eigenvalue weighted by atomic mass is 35.5. The van der Waals surface area contributed by atoms with E-state index in [0.717, 1.165) is 30.0 Å². The number of unbranched alkanes of at least 4 members (excludes halogenated alkanes) is 2. The lowest BCUT2D eigenvalue weighted by molar-refractivity contribution is 0.0948. The first kappa shape index (κ1) is 14.8. The SMILES string of the molecule is O=C(NCCCCCO)c1cc2ccccc2c(Cl)n1. The zero-order valence-electron chi connectivity index (χ0n) is 11.1. The Kier molecular flexibility index (Phi) is 5.32. The number of rotatable bonds is 6. The number of aliphatic hydroxyl groups is 1. The fraction of sp³-hybridized carbons (Fsp3) is 0.333. The summed E-state index contributed by atoms with van der Waals surface area (Å²) in [4.78, 5) is 16.1. The predicted octanol–water partition coefficient (Wildman–Crippen LogP) is 2.78. The first-order valence-corrected chi connectivity index (χ1v) is 7.04. The van der Waals surface area contributed by atoms with Crippen molar-refractivity contribution in [3.05, 3.63) is 41.2 Å². The minimum Gasteiger partial charge on any atom is -0.396 e. The van der Waals surface area contributed by atoms with Crippen LogP contribution in [-0.4, -0.2) is 29.1 Å². The molecule has 0 spiro atoms. The van der Waals surface area contributed by atoms with E-state index in [2.05, 4.69) is 10.3 Å². The molecule has 0 saturated carbocycles. The average Bonchev–Trinajstić information content (AvgIpc) is 2.47. The standard InChI is InChI=1S/C15H17ClN2O2/c16-14-12-7-3-2-6-11(12)10-13(18-14)15(20)17-8-4-1-5-9-19/h2-3,6-7,10,19H,1,4-5,8-9H2,(H,17,20). The molecule has 1 amide bonds. The number of carbonyl (C=O) groups is 1. The lowest BCUT2D eigenvalue weighted by Gasteiger charge is -2.06. The van der Waals surface area contributed by atoms with Crippen LogP contribution in [0.5, 0.6) is 0 Å². The second kappa shape index (κ2) is 7.22. The van der Waals surface area contributed by atoms with Crippen LogP contribution in [-0.2, 0) is 0 Å². The van der Waals surface area contributed by atoms with Gasteiger partial charge in [-0.3, -0.25) is 4.79 Å². The summed E-state index contributed by atoms with van der Waals surface area (Å²) >= 11 is 6.09. The van der Waals surface area contributed by atoms with Crippen LogP contribution in [0.2, 0.25) is 5.15 Å². The third-order valence-electron chi connectivity index (χ3n) is 3.05. The van der Waals surface area contributed by atoms with Crippen LogP contribution >= 0.6 is 11.6 Å². The normalized spacial score (nSPS) is 10.7. The van der Waals surface area contributed by atoms with Gasteiger partial charge in [-0.25, -0.2) is 4.98 Å². The zero-order valence-corrected chi connectivity index (χ0v) is 11.9. The van der Waals surface area contributed by atoms with Crippen LogP contribution in [0.1, 0.15) is 29.8 Å². The molecule has 106 valence electrons. The number of nitrogens with zero attached hydrogens (tertiary/aromatic N) is 1. The highest BCUT2D eigenvalue weighted by Gasteiger charge is 2.10. The number of fused-ring (bicyclic) bond motifs is 1. The average molecular weight is 293 g/mol. The Morgan fingerprint density at radius 3 is 2.85 bits per heavy atom. The van der Waals surface area contributed by atoms with Gasteiger partial charge in [0.15, 0.2) is 0 Å². The van der Waals surface area contributed by atoms with Crippen LogP contribution in [0.15, 0.2) is 30.3 Å². The smallest absolute Gasteiger partial charge is 0.269 e. The topological polar surface area (TPSA) is 62.2 Å². The molecule has 5 heteroatoms. The van der Waals surface area contributed by atoms with Crippen molar-refractivity contribution >= 4 is 28.3 Å². The van der Waals surface area contributed by atoms with Gasteiger partial charge in [0.05, 0.1) is 0 Å². The number of pyridine rings is 1. The molecule has 1 aromatic carbocycles. The Hall–Kier alpha value is -1.65. The summed E-state index contributed by atoms with van der Waals surface area (Å²) in [6.07, 6.45) is 2.49. The molecule has 2 N–H and O–H groups in total. The van der Waals surface area contributed by atoms with Crippen molar-refractivity contribution in [1.29, 1.82) is 0 Å². The molecule has 0 unspecified atom stereocenters. The summed E-state index contributed by atoms with van der Waals surface area (Å²) in [6.45, 7) is 0.765. The summed E-state index contributed by atoms with van der Waals surface area (Å²) in [6, 6.07) is 9.30. The Bertz CT molecular complexity index is 601. The van der Waals surface area contributed by atoms with Crippen molar-refractivity contribution < 1.29 is 9.90 Å². The molecule has 0 aliphatic rings. The lowest BCUT2D eigenvalue weighted by atomic mass is 10.1.